The van der Waals surface area contributed by atoms with E-state index < -0.39 is 10.0 Å². The van der Waals surface area contributed by atoms with Gasteiger partial charge in [0, 0.05) is 25.8 Å². The summed E-state index contributed by atoms with van der Waals surface area (Å²) in [5.74, 6) is 0.746. The van der Waals surface area contributed by atoms with Crippen LogP contribution in [0.15, 0.2) is 23.2 Å². The third kappa shape index (κ3) is 3.18. The summed E-state index contributed by atoms with van der Waals surface area (Å²) in [6, 6.07) is 3.64. The fraction of sp³-hybridized carbons (Fsp3) is 0.545. The molecule has 1 aliphatic heterocycles. The van der Waals surface area contributed by atoms with Crippen LogP contribution in [0.3, 0.4) is 0 Å². The zero-order chi connectivity index (χ0) is 13.2. The molecule has 0 aliphatic carbocycles. The molecule has 0 aromatic carbocycles. The molecule has 0 amide bonds. The molecule has 6 nitrogen and oxygen atoms in total. The molecule has 1 unspecified atom stereocenters. The molecule has 0 radical (unpaired) electrons. The predicted octanol–water partition coefficient (Wildman–Crippen LogP) is -0.0828. The van der Waals surface area contributed by atoms with Crippen LogP contribution in [0.1, 0.15) is 12.8 Å². The molecule has 2 heterocycles. The number of nitrogens with two attached hydrogens (primary N) is 1. The van der Waals surface area contributed by atoms with Crippen molar-refractivity contribution in [3.8, 4) is 0 Å². The summed E-state index contributed by atoms with van der Waals surface area (Å²) >= 11 is 0. The first-order valence-electron chi connectivity index (χ1n) is 5.90. The van der Waals surface area contributed by atoms with Gasteiger partial charge in [-0.3, -0.25) is 0 Å². The Balaban J connectivity index is 2.04. The van der Waals surface area contributed by atoms with Crippen LogP contribution in [0.2, 0.25) is 0 Å². The topological polar surface area (TPSA) is 88.3 Å². The van der Waals surface area contributed by atoms with Gasteiger partial charge in [-0.2, -0.15) is 0 Å². The van der Waals surface area contributed by atoms with Gasteiger partial charge in [-0.05, 0) is 31.5 Å². The molecule has 0 spiro atoms. The van der Waals surface area contributed by atoms with Gasteiger partial charge in [-0.25, -0.2) is 18.5 Å². The fourth-order valence-corrected chi connectivity index (χ4v) is 2.56. The van der Waals surface area contributed by atoms with Crippen molar-refractivity contribution >= 4 is 15.8 Å². The molecular formula is C11H18N4O2S. The monoisotopic (exact) mass is 270 g/mol. The van der Waals surface area contributed by atoms with Crippen LogP contribution >= 0.6 is 0 Å². The van der Waals surface area contributed by atoms with Gasteiger partial charge in [0.2, 0.25) is 10.0 Å². The van der Waals surface area contributed by atoms with Crippen molar-refractivity contribution in [2.24, 2.45) is 5.14 Å². The van der Waals surface area contributed by atoms with Crippen LogP contribution in [-0.4, -0.2) is 39.6 Å². The van der Waals surface area contributed by atoms with Gasteiger partial charge in [0.05, 0.1) is 0 Å². The second kappa shape index (κ2) is 5.21. The highest BCUT2D eigenvalue weighted by Crippen LogP contribution is 2.14. The van der Waals surface area contributed by atoms with E-state index in [0.717, 1.165) is 18.9 Å². The number of pyridine rings is 1. The molecule has 1 atom stereocenters. The number of hydrogen-bond acceptors (Lipinski definition) is 5. The van der Waals surface area contributed by atoms with Crippen LogP contribution in [0, 0.1) is 0 Å². The van der Waals surface area contributed by atoms with Crippen molar-refractivity contribution in [2.75, 3.05) is 25.0 Å². The minimum absolute atomic E-state index is 0.0404. The van der Waals surface area contributed by atoms with Gasteiger partial charge in [0.1, 0.15) is 10.7 Å². The van der Waals surface area contributed by atoms with E-state index in [1.54, 1.807) is 6.07 Å². The predicted molar refractivity (Wildman–Crippen MR) is 69.9 cm³/mol. The SMILES string of the molecule is CN(CC1CCCN1)c1ccc(S(N)(=O)=O)cn1. The first-order valence-corrected chi connectivity index (χ1v) is 7.45. The van der Waals surface area contributed by atoms with Gasteiger partial charge in [-0.15, -0.1) is 0 Å². The largest absolute Gasteiger partial charge is 0.358 e. The Labute approximate surface area is 107 Å². The maximum atomic E-state index is 11.1. The molecule has 7 heteroatoms. The zero-order valence-corrected chi connectivity index (χ0v) is 11.2. The second-order valence-electron chi connectivity index (χ2n) is 4.57. The van der Waals surface area contributed by atoms with Crippen molar-refractivity contribution in [3.63, 3.8) is 0 Å². The summed E-state index contributed by atoms with van der Waals surface area (Å²) in [6.45, 7) is 1.93. The number of rotatable bonds is 4. The molecule has 0 bridgehead atoms. The smallest absolute Gasteiger partial charge is 0.239 e. The summed E-state index contributed by atoms with van der Waals surface area (Å²) in [7, 11) is -1.72. The van der Waals surface area contributed by atoms with Crippen molar-refractivity contribution in [3.05, 3.63) is 18.3 Å². The van der Waals surface area contributed by atoms with Crippen molar-refractivity contribution in [1.29, 1.82) is 0 Å². The average Bonchev–Trinajstić information content (AvgIpc) is 2.81. The summed E-state index contributed by atoms with van der Waals surface area (Å²) in [5.41, 5.74) is 0. The first kappa shape index (κ1) is 13.3. The molecular weight excluding hydrogens is 252 g/mol. The Morgan fingerprint density at radius 1 is 1.56 bits per heavy atom. The number of nitrogens with one attached hydrogen (secondary N) is 1. The van der Waals surface area contributed by atoms with Gasteiger partial charge in [-0.1, -0.05) is 0 Å². The molecule has 18 heavy (non-hydrogen) atoms. The lowest BCUT2D eigenvalue weighted by Gasteiger charge is -2.22. The van der Waals surface area contributed by atoms with E-state index in [1.165, 1.54) is 25.1 Å². The normalized spacial score (nSPS) is 20.0. The molecule has 1 aromatic rings. The lowest BCUT2D eigenvalue weighted by atomic mass is 10.2. The summed E-state index contributed by atoms with van der Waals surface area (Å²) in [6.07, 6.45) is 3.67. The van der Waals surface area contributed by atoms with E-state index >= 15 is 0 Å². The van der Waals surface area contributed by atoms with E-state index in [9.17, 15) is 8.42 Å². The van der Waals surface area contributed by atoms with E-state index in [0.29, 0.717) is 6.04 Å². The lowest BCUT2D eigenvalue weighted by molar-refractivity contribution is 0.594. The second-order valence-corrected chi connectivity index (χ2v) is 6.13. The minimum Gasteiger partial charge on any atom is -0.358 e. The van der Waals surface area contributed by atoms with Crippen LogP contribution in [0.25, 0.3) is 0 Å². The lowest BCUT2D eigenvalue weighted by Crippen LogP contribution is -2.35. The number of hydrogen-bond donors (Lipinski definition) is 2. The highest BCUT2D eigenvalue weighted by Gasteiger charge is 2.17. The first-order chi connectivity index (χ1) is 8.47. The van der Waals surface area contributed by atoms with Crippen molar-refractivity contribution in [1.82, 2.24) is 10.3 Å². The van der Waals surface area contributed by atoms with Crippen molar-refractivity contribution in [2.45, 2.75) is 23.8 Å². The summed E-state index contributed by atoms with van der Waals surface area (Å²) in [4.78, 5) is 6.18. The van der Waals surface area contributed by atoms with E-state index in [2.05, 4.69) is 10.3 Å². The third-order valence-electron chi connectivity index (χ3n) is 3.10. The third-order valence-corrected chi connectivity index (χ3v) is 4.00. The molecule has 2 rings (SSSR count). The number of nitrogens with zero attached hydrogens (tertiary/aromatic N) is 2. The number of sulfonamides is 1. The average molecular weight is 270 g/mol. The number of primary sulfonamides is 1. The number of aromatic nitrogens is 1. The fourth-order valence-electron chi connectivity index (χ4n) is 2.10. The van der Waals surface area contributed by atoms with Gasteiger partial charge < -0.3 is 10.2 Å². The molecule has 100 valence electrons. The molecule has 1 saturated heterocycles. The van der Waals surface area contributed by atoms with Crippen LogP contribution in [-0.2, 0) is 10.0 Å². The molecule has 1 aliphatic rings. The number of anilines is 1. The molecule has 0 saturated carbocycles. The van der Waals surface area contributed by atoms with Crippen LogP contribution in [0.4, 0.5) is 5.82 Å². The maximum Gasteiger partial charge on any atom is 0.239 e. The molecule has 1 fully saturated rings. The van der Waals surface area contributed by atoms with Gasteiger partial charge in [0.25, 0.3) is 0 Å². The van der Waals surface area contributed by atoms with E-state index in [1.807, 2.05) is 11.9 Å². The minimum atomic E-state index is -3.66. The quantitative estimate of drug-likeness (QED) is 0.798. The zero-order valence-electron chi connectivity index (χ0n) is 10.3. The standard InChI is InChI=1S/C11H18N4O2S/c1-15(8-9-3-2-6-13-9)11-5-4-10(7-14-11)18(12,16)17/h4-5,7,9,13H,2-3,6,8H2,1H3,(H2,12,16,17). The van der Waals surface area contributed by atoms with Gasteiger partial charge >= 0.3 is 0 Å². The highest BCUT2D eigenvalue weighted by molar-refractivity contribution is 7.89. The Bertz CT molecular complexity index is 494. The molecule has 1 aromatic heterocycles. The Hall–Kier alpha value is -1.18. The Morgan fingerprint density at radius 3 is 2.83 bits per heavy atom. The summed E-state index contributed by atoms with van der Waals surface area (Å²) < 4.78 is 22.2. The highest BCUT2D eigenvalue weighted by atomic mass is 32.2. The molecule has 3 N–H and O–H groups in total. The van der Waals surface area contributed by atoms with Crippen LogP contribution < -0.4 is 15.4 Å². The van der Waals surface area contributed by atoms with E-state index in [4.69, 9.17) is 5.14 Å². The summed E-state index contributed by atoms with van der Waals surface area (Å²) in [5, 5.41) is 8.43. The van der Waals surface area contributed by atoms with Crippen molar-refractivity contribution < 1.29 is 8.42 Å². The Morgan fingerprint density at radius 2 is 2.33 bits per heavy atom. The van der Waals surface area contributed by atoms with Gasteiger partial charge in [0.15, 0.2) is 0 Å². The van der Waals surface area contributed by atoms with E-state index in [-0.39, 0.29) is 4.90 Å². The van der Waals surface area contributed by atoms with Crippen LogP contribution in [0.5, 0.6) is 0 Å². The maximum absolute atomic E-state index is 11.1. The Kier molecular flexibility index (Phi) is 3.84. The number of likely N-dealkylation sites (N-methyl/N-ethyl adjacent to an activating group) is 1.